The lowest BCUT2D eigenvalue weighted by Crippen LogP contribution is -2.62. The molecule has 141 heavy (non-hydrogen) atoms. The van der Waals surface area contributed by atoms with Crippen LogP contribution in [0.25, 0.3) is 0 Å². The highest BCUT2D eigenvalue weighted by molar-refractivity contribution is 7.80. The third-order valence-electron chi connectivity index (χ3n) is 22.6. The number of rotatable bonds is 64. The van der Waals surface area contributed by atoms with Crippen LogP contribution in [0.4, 0.5) is 0 Å². The van der Waals surface area contributed by atoms with Gasteiger partial charge < -0.3 is 143 Å². The van der Waals surface area contributed by atoms with Crippen molar-refractivity contribution in [3.8, 4) is 0 Å². The van der Waals surface area contributed by atoms with E-state index in [9.17, 15) is 121 Å². The highest BCUT2D eigenvalue weighted by Gasteiger charge is 2.45. The third-order valence-corrected chi connectivity index (χ3v) is 23.0. The predicted molar refractivity (Wildman–Crippen MR) is 516 cm³/mol. The Kier molecular flexibility index (Phi) is 54.1. The summed E-state index contributed by atoms with van der Waals surface area (Å²) >= 11 is 4.01. The largest absolute Gasteiger partial charge is 0.481 e. The molecule has 31 N–H and O–H groups in total. The van der Waals surface area contributed by atoms with Crippen LogP contribution in [0.5, 0.6) is 0 Å². The van der Waals surface area contributed by atoms with Crippen LogP contribution in [0, 0.1) is 58.2 Å². The van der Waals surface area contributed by atoms with Crippen molar-refractivity contribution in [1.82, 2.24) is 111 Å². The maximum absolute atomic E-state index is 14.9. The zero-order valence-electron chi connectivity index (χ0n) is 83.5. The Labute approximate surface area is 825 Å². The lowest BCUT2D eigenvalue weighted by Gasteiger charge is -2.31. The van der Waals surface area contributed by atoms with E-state index in [-0.39, 0.29) is 113 Å². The summed E-state index contributed by atoms with van der Waals surface area (Å²) in [5.41, 5.74) is 17.5. The second-order valence-corrected chi connectivity index (χ2v) is 38.4. The second kappa shape index (κ2) is 61.5. The minimum atomic E-state index is -2.09. The Hall–Kier alpha value is -13.1. The molecule has 52 heteroatoms. The molecule has 0 aliphatic carbocycles. The number of hydrogen-bond donors (Lipinski definition) is 29. The number of aromatic nitrogens is 2. The number of hydrogen-bond acceptors (Lipinski definition) is 26. The van der Waals surface area contributed by atoms with Gasteiger partial charge in [-0.15, -0.1) is 0 Å². The van der Waals surface area contributed by atoms with E-state index in [4.69, 9.17) is 28.0 Å². The van der Waals surface area contributed by atoms with E-state index in [2.05, 4.69) is 118 Å². The van der Waals surface area contributed by atoms with Crippen LogP contribution in [0.2, 0.25) is 0 Å². The number of nitrogens with zero attached hydrogens (tertiary/aromatic N) is 2. The first kappa shape index (κ1) is 124. The van der Waals surface area contributed by atoms with E-state index < -0.39 is 301 Å². The number of thiol groups is 1. The average molecular weight is 2020 g/mol. The van der Waals surface area contributed by atoms with Gasteiger partial charge in [0.15, 0.2) is 11.9 Å². The highest BCUT2D eigenvalue weighted by Crippen LogP contribution is 2.23. The molecule has 1 aliphatic heterocycles. The summed E-state index contributed by atoms with van der Waals surface area (Å²) in [5, 5.41) is 100. The maximum Gasteiger partial charge on any atom is 0.327 e. The standard InChI is InChI=1S/C89H152N26O25S/c1-19-47(16)69(114-80(132)59(35-64(118)119)107-83(135)67(45(12)13)111-72(124)51(90)29-40(2)3)85(137)108-58(34-63(116)117)78(130)102-52(23-20-26-96-88(91)92)73(125)101-53(24-21-27-97-89(93)94)74(126)109-60(36-65(120)121)86(138)115-28-22-25-62(115)81(133)106-56(32-43(8)9)79(131)112-68(46(14)15)84(136)113-66(44(10)11)82(134)100-48(17)70(122)99-49(18)71(123)103-54(30-41(4)5)75(127)105-57(33-50-37-95-39-98-50)77(129)104-55(31-42(6)7)76(128)110-61(38-141)87(139)140/h37,39-49,51-62,66-69,141H,19-36,38,90H2,1-18H3,(H,95,98)(H,99,122)(H,100,134)(H,101,125)(H,102,130)(H,103,123)(H,104,129)(H,105,127)(H,106,133)(H,107,135)(H,108,137)(H,109,126)(H,110,128)(H,111,124)(H,112,131)(H,113,136)(H,114,132)(H,116,117)(H,118,119)(H,120,121)(H,139,140)(H4,91,92,96)(H4,93,94,97)/t47-,48-,49-,51-,52-,53-,54-,55-,56-,57-,58-,59-,60-,61-,62-,66-,67-,68-,69-/m0/s1. The fourth-order valence-electron chi connectivity index (χ4n) is 14.8. The second-order valence-electron chi connectivity index (χ2n) is 38.0. The molecule has 794 valence electrons. The van der Waals surface area contributed by atoms with Gasteiger partial charge in [0, 0.05) is 43.7 Å². The van der Waals surface area contributed by atoms with Crippen LogP contribution in [-0.2, 0) is 107 Å². The van der Waals surface area contributed by atoms with Crippen molar-refractivity contribution in [3.63, 3.8) is 0 Å². The van der Waals surface area contributed by atoms with Gasteiger partial charge >= 0.3 is 23.9 Å². The maximum atomic E-state index is 14.9. The van der Waals surface area contributed by atoms with E-state index in [1.165, 1.54) is 33.3 Å². The predicted octanol–water partition coefficient (Wildman–Crippen LogP) is -4.77. The van der Waals surface area contributed by atoms with E-state index in [0.29, 0.717) is 5.69 Å². The Morgan fingerprint density at radius 3 is 1.15 bits per heavy atom. The molecule has 0 aromatic carbocycles. The number of amides is 17. The summed E-state index contributed by atoms with van der Waals surface area (Å²) in [4.78, 5) is 299. The number of aromatic amines is 1. The van der Waals surface area contributed by atoms with Crippen LogP contribution in [0.15, 0.2) is 12.5 Å². The molecule has 2 rings (SSSR count). The SMILES string of the molecule is CC[C@H](C)[C@H](NC(=O)[C@H](CC(=O)O)NC(=O)[C@@H](NC(=O)[C@@H](N)CC(C)C)C(C)C)C(=O)N[C@@H](CC(=O)O)C(=O)N[C@@H](CCCNC(=N)N)C(=O)N[C@@H](CCCNC(=N)N)C(=O)N[C@@H](CC(=O)O)C(=O)N1CCC[C@H]1C(=O)N[C@@H](CC(C)C)C(=O)N[C@H](C(=O)N[C@H](C(=O)N[C@@H](C)C(=O)N[C@@H](C)C(=O)N[C@@H](CC(C)C)C(=O)N[C@@H](Cc1cnc[nH]1)C(=O)N[C@@H](CC(C)C)C(=O)N[C@@H](CS)C(=O)O)C(C)C)C(C)C. The molecule has 0 radical (unpaired) electrons. The molecule has 1 saturated heterocycles. The van der Waals surface area contributed by atoms with Gasteiger partial charge in [-0.25, -0.2) is 9.78 Å². The summed E-state index contributed by atoms with van der Waals surface area (Å²) < 4.78 is 0. The summed E-state index contributed by atoms with van der Waals surface area (Å²) in [7, 11) is 0. The van der Waals surface area contributed by atoms with Gasteiger partial charge in [-0.05, 0) is 125 Å². The lowest BCUT2D eigenvalue weighted by atomic mass is 9.96. The minimum Gasteiger partial charge on any atom is -0.481 e. The van der Waals surface area contributed by atoms with Gasteiger partial charge in [0.25, 0.3) is 0 Å². The monoisotopic (exact) mass is 2020 g/mol. The van der Waals surface area contributed by atoms with Gasteiger partial charge in [0.05, 0.1) is 31.6 Å². The van der Waals surface area contributed by atoms with Gasteiger partial charge in [-0.2, -0.15) is 12.6 Å². The van der Waals surface area contributed by atoms with Gasteiger partial charge in [-0.3, -0.25) is 107 Å². The van der Waals surface area contributed by atoms with Crippen molar-refractivity contribution in [2.75, 3.05) is 25.4 Å². The highest BCUT2D eigenvalue weighted by atomic mass is 32.1. The molecule has 1 aromatic heterocycles. The molecule has 1 aliphatic rings. The zero-order chi connectivity index (χ0) is 107. The van der Waals surface area contributed by atoms with Crippen LogP contribution < -0.4 is 113 Å². The van der Waals surface area contributed by atoms with Crippen molar-refractivity contribution in [2.24, 2.45) is 64.5 Å². The first-order chi connectivity index (χ1) is 65.7. The molecular weight excluding hydrogens is 1870 g/mol. The van der Waals surface area contributed by atoms with E-state index >= 15 is 0 Å². The number of carbonyl (C=O) groups excluding carboxylic acids is 17. The smallest absolute Gasteiger partial charge is 0.327 e. The Bertz CT molecular complexity index is 4460. The van der Waals surface area contributed by atoms with Crippen molar-refractivity contribution in [2.45, 2.75) is 330 Å². The normalized spacial score (nSPS) is 16.3. The number of aliphatic carboxylic acids is 4. The first-order valence-electron chi connectivity index (χ1n) is 47.3. The molecule has 0 bridgehead atoms. The molecule has 1 aromatic rings. The van der Waals surface area contributed by atoms with Crippen molar-refractivity contribution < 1.29 is 121 Å². The molecule has 17 amide bonds. The number of nitrogens with two attached hydrogens (primary N) is 3. The number of carbonyl (C=O) groups is 21. The Morgan fingerprint density at radius 2 is 0.738 bits per heavy atom. The average Bonchev–Trinajstić information content (AvgIpc) is 1.71. The fraction of sp³-hybridized carbons (Fsp3) is 0.708. The number of carboxylic acid groups (broad SMARTS) is 4. The molecule has 19 atom stereocenters. The van der Waals surface area contributed by atoms with Crippen LogP contribution in [0.1, 0.15) is 220 Å². The molecule has 0 spiro atoms. The van der Waals surface area contributed by atoms with E-state index in [0.717, 1.165) is 4.90 Å². The number of imidazole rings is 1. The van der Waals surface area contributed by atoms with Crippen molar-refractivity contribution >= 4 is 149 Å². The van der Waals surface area contributed by atoms with Gasteiger partial charge in [0.2, 0.25) is 100 Å². The molecule has 0 unspecified atom stereocenters. The summed E-state index contributed by atoms with van der Waals surface area (Å²) in [6, 6.07) is -27.5. The summed E-state index contributed by atoms with van der Waals surface area (Å²) in [6.45, 7) is 28.7. The number of likely N-dealkylation sites (tertiary alicyclic amines) is 1. The Balaban J connectivity index is 2.48. The minimum absolute atomic E-state index is 0.0137. The number of H-pyrrole nitrogens is 1. The number of carboxylic acids is 4. The summed E-state index contributed by atoms with van der Waals surface area (Å²) in [5.74, 6) is -28.2. The molecule has 2 heterocycles. The van der Waals surface area contributed by atoms with Crippen LogP contribution >= 0.6 is 12.6 Å². The molecular formula is C89H152N26O25S. The first-order valence-corrected chi connectivity index (χ1v) is 47.9. The zero-order valence-corrected chi connectivity index (χ0v) is 84.4. The molecule has 1 fully saturated rings. The lowest BCUT2D eigenvalue weighted by molar-refractivity contribution is -0.146. The van der Waals surface area contributed by atoms with Gasteiger partial charge in [0.1, 0.15) is 103 Å². The number of guanidine groups is 2. The van der Waals surface area contributed by atoms with Crippen molar-refractivity contribution in [1.29, 1.82) is 10.8 Å². The fourth-order valence-corrected chi connectivity index (χ4v) is 15.0. The van der Waals surface area contributed by atoms with Crippen LogP contribution in [-0.4, -0.2) is 306 Å². The quantitative estimate of drug-likeness (QED) is 0.0126. The van der Waals surface area contributed by atoms with E-state index in [1.807, 2.05) is 13.8 Å². The molecule has 51 nitrogen and oxygen atoms in total. The van der Waals surface area contributed by atoms with Gasteiger partial charge in [-0.1, -0.05) is 117 Å². The third kappa shape index (κ3) is 45.0. The van der Waals surface area contributed by atoms with Crippen molar-refractivity contribution in [3.05, 3.63) is 18.2 Å². The molecule has 0 saturated carbocycles. The van der Waals surface area contributed by atoms with E-state index in [1.54, 1.807) is 90.0 Å². The topological polar surface area (TPSA) is 814 Å². The Morgan fingerprint density at radius 1 is 0.411 bits per heavy atom. The summed E-state index contributed by atoms with van der Waals surface area (Å²) in [6.07, 6.45) is -1.48. The number of nitrogens with one attached hydrogen (secondary N) is 21. The van der Waals surface area contributed by atoms with Crippen LogP contribution in [0.3, 0.4) is 0 Å².